The van der Waals surface area contributed by atoms with E-state index in [1.54, 1.807) is 12.1 Å². The number of alkyl halides is 3. The van der Waals surface area contributed by atoms with E-state index < -0.39 is 11.7 Å². The Morgan fingerprint density at radius 2 is 1.44 bits per heavy atom. The fourth-order valence-corrected chi connectivity index (χ4v) is 6.13. The first-order chi connectivity index (χ1) is 17.3. The van der Waals surface area contributed by atoms with Crippen molar-refractivity contribution in [2.75, 3.05) is 31.1 Å². The van der Waals surface area contributed by atoms with Crippen LogP contribution in [0, 0.1) is 5.92 Å². The minimum atomic E-state index is -4.38. The van der Waals surface area contributed by atoms with Crippen LogP contribution in [0.5, 0.6) is 0 Å². The maximum atomic E-state index is 13.6. The number of benzene rings is 2. The topological polar surface area (TPSA) is 43.9 Å². The molecule has 0 radical (unpaired) electrons. The number of imide groups is 1. The van der Waals surface area contributed by atoms with Crippen molar-refractivity contribution in [2.45, 2.75) is 43.9 Å². The molecule has 2 amide bonds. The molecule has 0 aromatic heterocycles. The summed E-state index contributed by atoms with van der Waals surface area (Å²) in [5, 5.41) is 0. The maximum Gasteiger partial charge on any atom is 0.418 e. The summed E-state index contributed by atoms with van der Waals surface area (Å²) < 4.78 is 40.7. The van der Waals surface area contributed by atoms with Gasteiger partial charge in [0.2, 0.25) is 0 Å². The zero-order valence-corrected chi connectivity index (χ0v) is 20.0. The Hall–Kier alpha value is -3.13. The first kappa shape index (κ1) is 24.6. The third-order valence-electron chi connectivity index (χ3n) is 7.80. The molecule has 1 saturated carbocycles. The van der Waals surface area contributed by atoms with Crippen LogP contribution in [-0.4, -0.2) is 59.9 Å². The van der Waals surface area contributed by atoms with E-state index in [4.69, 9.17) is 0 Å². The van der Waals surface area contributed by atoms with Crippen molar-refractivity contribution in [3.63, 3.8) is 0 Å². The minimum absolute atomic E-state index is 0.120. The van der Waals surface area contributed by atoms with Crippen molar-refractivity contribution in [1.82, 2.24) is 9.80 Å². The maximum absolute atomic E-state index is 13.6. The van der Waals surface area contributed by atoms with Crippen molar-refractivity contribution in [2.24, 2.45) is 5.92 Å². The molecule has 2 aliphatic heterocycles. The number of anilines is 1. The molecule has 3 unspecified atom stereocenters. The molecular formula is C28H30F3N3O2. The van der Waals surface area contributed by atoms with Gasteiger partial charge in [0.15, 0.2) is 0 Å². The van der Waals surface area contributed by atoms with Gasteiger partial charge < -0.3 is 4.90 Å². The zero-order valence-electron chi connectivity index (χ0n) is 20.0. The molecule has 0 bridgehead atoms. The summed E-state index contributed by atoms with van der Waals surface area (Å²) in [6.07, 6.45) is 1.46. The third kappa shape index (κ3) is 5.05. The van der Waals surface area contributed by atoms with Crippen LogP contribution in [-0.2, 0) is 22.2 Å². The highest BCUT2D eigenvalue weighted by Gasteiger charge is 2.41. The van der Waals surface area contributed by atoms with Crippen molar-refractivity contribution in [1.29, 1.82) is 0 Å². The zero-order chi connectivity index (χ0) is 25.3. The van der Waals surface area contributed by atoms with Crippen LogP contribution in [0.15, 0.2) is 66.7 Å². The van der Waals surface area contributed by atoms with Gasteiger partial charge in [0.25, 0.3) is 11.8 Å². The van der Waals surface area contributed by atoms with E-state index in [0.717, 1.165) is 31.7 Å². The molecule has 36 heavy (non-hydrogen) atoms. The molecule has 3 atom stereocenters. The van der Waals surface area contributed by atoms with Crippen LogP contribution < -0.4 is 4.90 Å². The van der Waals surface area contributed by atoms with Crippen molar-refractivity contribution < 1.29 is 22.8 Å². The first-order valence-electron chi connectivity index (χ1n) is 12.6. The Morgan fingerprint density at radius 1 is 0.806 bits per heavy atom. The number of hydrogen-bond acceptors (Lipinski definition) is 4. The number of piperazine rings is 1. The second-order valence-corrected chi connectivity index (χ2v) is 9.90. The molecule has 3 aliphatic rings. The van der Waals surface area contributed by atoms with Gasteiger partial charge in [-0.3, -0.25) is 19.4 Å². The Bertz CT molecular complexity index is 1110. The summed E-state index contributed by atoms with van der Waals surface area (Å²) in [5.41, 5.74) is 0.866. The van der Waals surface area contributed by atoms with Crippen LogP contribution in [0.3, 0.4) is 0 Å². The third-order valence-corrected chi connectivity index (χ3v) is 7.80. The predicted octanol–water partition coefficient (Wildman–Crippen LogP) is 4.53. The average Bonchev–Trinajstić information content (AvgIpc) is 3.22. The summed E-state index contributed by atoms with van der Waals surface area (Å²) in [6, 6.07) is 16.1. The number of para-hydroxylation sites is 1. The van der Waals surface area contributed by atoms with Gasteiger partial charge in [-0.2, -0.15) is 13.2 Å². The average molecular weight is 498 g/mol. The van der Waals surface area contributed by atoms with Crippen LogP contribution in [0.4, 0.5) is 18.9 Å². The quantitative estimate of drug-likeness (QED) is 0.570. The molecule has 190 valence electrons. The molecule has 0 N–H and O–H groups in total. The number of carbonyl (C=O) groups is 2. The van der Waals surface area contributed by atoms with Crippen molar-refractivity contribution in [3.05, 3.63) is 77.9 Å². The monoisotopic (exact) mass is 497 g/mol. The standard InChI is InChI=1S/C28H30F3N3O2/c29-28(30,31)23-8-4-5-9-25(23)33-16-14-32(15-17-33)24-11-10-22(34-26(35)12-13-27(34)36)19-21(24)18-20-6-2-1-3-7-20/h1-9,12-13,21-22,24H,10-11,14-19H2. The van der Waals surface area contributed by atoms with E-state index in [9.17, 15) is 22.8 Å². The van der Waals surface area contributed by atoms with Gasteiger partial charge in [-0.1, -0.05) is 42.5 Å². The Kier molecular flexibility index (Phi) is 6.88. The number of nitrogens with zero attached hydrogens (tertiary/aromatic N) is 3. The second-order valence-electron chi connectivity index (χ2n) is 9.90. The summed E-state index contributed by atoms with van der Waals surface area (Å²) in [5.74, 6) is -0.237. The first-order valence-corrected chi connectivity index (χ1v) is 12.6. The summed E-state index contributed by atoms with van der Waals surface area (Å²) in [7, 11) is 0. The molecule has 5 nitrogen and oxygen atoms in total. The van der Waals surface area contributed by atoms with E-state index in [2.05, 4.69) is 17.0 Å². The lowest BCUT2D eigenvalue weighted by Gasteiger charge is -2.47. The molecule has 2 aromatic rings. The molecular weight excluding hydrogens is 467 g/mol. The van der Waals surface area contributed by atoms with E-state index in [0.29, 0.717) is 26.2 Å². The van der Waals surface area contributed by atoms with Crippen LogP contribution >= 0.6 is 0 Å². The number of hydrogen-bond donors (Lipinski definition) is 0. The highest BCUT2D eigenvalue weighted by molar-refractivity contribution is 6.13. The summed E-state index contributed by atoms with van der Waals surface area (Å²) >= 11 is 0. The van der Waals surface area contributed by atoms with Gasteiger partial charge in [-0.25, -0.2) is 0 Å². The molecule has 2 aromatic carbocycles. The predicted molar refractivity (Wildman–Crippen MR) is 131 cm³/mol. The lowest BCUT2D eigenvalue weighted by molar-refractivity contribution is -0.141. The van der Waals surface area contributed by atoms with Crippen LogP contribution in [0.2, 0.25) is 0 Å². The minimum Gasteiger partial charge on any atom is -0.368 e. The highest BCUT2D eigenvalue weighted by Crippen LogP contribution is 2.38. The van der Waals surface area contributed by atoms with Crippen molar-refractivity contribution in [3.8, 4) is 0 Å². The molecule has 2 heterocycles. The molecule has 5 rings (SSSR count). The van der Waals surface area contributed by atoms with Crippen molar-refractivity contribution >= 4 is 17.5 Å². The van der Waals surface area contributed by atoms with Gasteiger partial charge in [0.1, 0.15) is 0 Å². The van der Waals surface area contributed by atoms with E-state index >= 15 is 0 Å². The van der Waals surface area contributed by atoms with Gasteiger partial charge >= 0.3 is 6.18 Å². The Morgan fingerprint density at radius 3 is 2.11 bits per heavy atom. The van der Waals surface area contributed by atoms with E-state index in [1.807, 2.05) is 23.1 Å². The molecule has 1 aliphatic carbocycles. The second kappa shape index (κ2) is 10.1. The fourth-order valence-electron chi connectivity index (χ4n) is 6.13. The molecule has 0 spiro atoms. The molecule has 2 fully saturated rings. The summed E-state index contributed by atoms with van der Waals surface area (Å²) in [4.78, 5) is 30.3. The SMILES string of the molecule is O=C1C=CC(=O)N1C1CCC(N2CCN(c3ccccc3C(F)(F)F)CC2)C(Cc2ccccc2)C1. The number of rotatable bonds is 5. The number of carbonyl (C=O) groups excluding carboxylic acids is 2. The highest BCUT2D eigenvalue weighted by atomic mass is 19.4. The van der Waals surface area contributed by atoms with Crippen LogP contribution in [0.25, 0.3) is 0 Å². The lowest BCUT2D eigenvalue weighted by atomic mass is 9.76. The Labute approximate surface area is 209 Å². The largest absolute Gasteiger partial charge is 0.418 e. The van der Waals surface area contributed by atoms with E-state index in [-0.39, 0.29) is 35.5 Å². The number of amides is 2. The van der Waals surface area contributed by atoms with Gasteiger partial charge in [0, 0.05) is 56.1 Å². The number of halogens is 3. The Balaban J connectivity index is 1.30. The van der Waals surface area contributed by atoms with Gasteiger partial charge in [-0.15, -0.1) is 0 Å². The fraction of sp³-hybridized carbons (Fsp3) is 0.429. The molecule has 8 heteroatoms. The van der Waals surface area contributed by atoms with Crippen LogP contribution in [0.1, 0.15) is 30.4 Å². The van der Waals surface area contributed by atoms with Gasteiger partial charge in [0.05, 0.1) is 5.56 Å². The summed E-state index contributed by atoms with van der Waals surface area (Å²) in [6.45, 7) is 2.40. The molecule has 1 saturated heterocycles. The lowest BCUT2D eigenvalue weighted by Crippen LogP contribution is -2.56. The van der Waals surface area contributed by atoms with E-state index in [1.165, 1.54) is 28.7 Å². The smallest absolute Gasteiger partial charge is 0.368 e. The van der Waals surface area contributed by atoms with Gasteiger partial charge in [-0.05, 0) is 49.3 Å². The normalized spacial score (nSPS) is 25.6.